The molecule has 17 heavy (non-hydrogen) atoms. The van der Waals surface area contributed by atoms with Crippen LogP contribution in [0.5, 0.6) is 0 Å². The number of aryl methyl sites for hydroxylation is 1. The molecule has 1 aromatic carbocycles. The fraction of sp³-hybridized carbons (Fsp3) is 0.500. The summed E-state index contributed by atoms with van der Waals surface area (Å²) in [4.78, 5) is 2.24. The maximum atomic E-state index is 9.13. The molecule has 0 saturated carbocycles. The zero-order valence-corrected chi connectivity index (χ0v) is 10.9. The Morgan fingerprint density at radius 3 is 3.00 bits per heavy atom. The van der Waals surface area contributed by atoms with Crippen molar-refractivity contribution >= 4 is 11.6 Å². The normalized spacial score (nSPS) is 21.1. The molecular formula is C14H17ClN2. The fourth-order valence-electron chi connectivity index (χ4n) is 2.33. The number of hydrogen-bond donors (Lipinski definition) is 0. The Hall–Kier alpha value is -1.04. The number of piperidine rings is 1. The van der Waals surface area contributed by atoms with Crippen molar-refractivity contribution in [3.63, 3.8) is 0 Å². The van der Waals surface area contributed by atoms with E-state index in [0.29, 0.717) is 0 Å². The molecule has 0 bridgehead atoms. The van der Waals surface area contributed by atoms with Gasteiger partial charge in [-0.2, -0.15) is 5.26 Å². The average molecular weight is 249 g/mol. The lowest BCUT2D eigenvalue weighted by atomic mass is 10.0. The summed E-state index contributed by atoms with van der Waals surface area (Å²) in [5.41, 5.74) is 2.30. The lowest BCUT2D eigenvalue weighted by molar-refractivity contribution is 0.176. The highest BCUT2D eigenvalue weighted by Gasteiger charge is 2.22. The zero-order chi connectivity index (χ0) is 12.3. The number of benzene rings is 1. The number of halogens is 1. The van der Waals surface area contributed by atoms with Gasteiger partial charge < -0.3 is 0 Å². The summed E-state index contributed by atoms with van der Waals surface area (Å²) in [5.74, 6) is 0. The van der Waals surface area contributed by atoms with Crippen LogP contribution in [0.4, 0.5) is 0 Å². The predicted molar refractivity (Wildman–Crippen MR) is 69.9 cm³/mol. The van der Waals surface area contributed by atoms with Crippen LogP contribution in [0, 0.1) is 18.3 Å². The quantitative estimate of drug-likeness (QED) is 0.801. The fourth-order valence-corrected chi connectivity index (χ4v) is 2.62. The molecule has 2 rings (SSSR count). The van der Waals surface area contributed by atoms with Crippen molar-refractivity contribution in [2.45, 2.75) is 38.8 Å². The largest absolute Gasteiger partial charge is 0.284 e. The molecule has 0 aromatic heterocycles. The van der Waals surface area contributed by atoms with Crippen LogP contribution < -0.4 is 0 Å². The minimum Gasteiger partial charge on any atom is -0.284 e. The first-order chi connectivity index (χ1) is 8.20. The van der Waals surface area contributed by atoms with Crippen LogP contribution in [0.1, 0.15) is 30.4 Å². The van der Waals surface area contributed by atoms with Gasteiger partial charge in [0.05, 0.1) is 12.1 Å². The van der Waals surface area contributed by atoms with Gasteiger partial charge in [0.15, 0.2) is 0 Å². The molecule has 1 aliphatic rings. The summed E-state index contributed by atoms with van der Waals surface area (Å²) in [6.45, 7) is 3.83. The third-order valence-corrected chi connectivity index (χ3v) is 3.70. The Morgan fingerprint density at radius 2 is 2.29 bits per heavy atom. The molecule has 1 unspecified atom stereocenters. The Labute approximate surface area is 108 Å². The molecule has 0 aliphatic carbocycles. The summed E-state index contributed by atoms with van der Waals surface area (Å²) < 4.78 is 0. The maximum absolute atomic E-state index is 9.13. The van der Waals surface area contributed by atoms with Crippen LogP contribution in [0.25, 0.3) is 0 Å². The van der Waals surface area contributed by atoms with Crippen molar-refractivity contribution in [2.24, 2.45) is 0 Å². The van der Waals surface area contributed by atoms with Gasteiger partial charge in [0, 0.05) is 11.6 Å². The molecule has 0 N–H and O–H groups in total. The van der Waals surface area contributed by atoms with E-state index in [2.05, 4.69) is 23.1 Å². The number of nitrogens with zero attached hydrogens (tertiary/aromatic N) is 2. The van der Waals surface area contributed by atoms with Crippen LogP contribution in [-0.2, 0) is 6.54 Å². The van der Waals surface area contributed by atoms with Gasteiger partial charge >= 0.3 is 0 Å². The average Bonchev–Trinajstić information content (AvgIpc) is 2.33. The van der Waals surface area contributed by atoms with Crippen molar-refractivity contribution in [1.29, 1.82) is 5.26 Å². The zero-order valence-electron chi connectivity index (χ0n) is 10.1. The number of hydrogen-bond acceptors (Lipinski definition) is 2. The Bertz CT molecular complexity index is 436. The van der Waals surface area contributed by atoms with Gasteiger partial charge in [0.2, 0.25) is 0 Å². The van der Waals surface area contributed by atoms with Crippen LogP contribution in [0.15, 0.2) is 18.2 Å². The van der Waals surface area contributed by atoms with Crippen LogP contribution in [0.3, 0.4) is 0 Å². The standard InChI is InChI=1S/C14H17ClN2/c1-11-5-6-12(14(15)8-11)10-17-7-3-2-4-13(17)9-16/h5-6,8,13H,2-4,7,10H2,1H3. The summed E-state index contributed by atoms with van der Waals surface area (Å²) in [6.07, 6.45) is 3.33. The topological polar surface area (TPSA) is 27.0 Å². The van der Waals surface area contributed by atoms with Crippen molar-refractivity contribution in [3.8, 4) is 6.07 Å². The number of likely N-dealkylation sites (tertiary alicyclic amines) is 1. The molecule has 1 fully saturated rings. The van der Waals surface area contributed by atoms with Crippen molar-refractivity contribution in [3.05, 3.63) is 34.3 Å². The second-order valence-electron chi connectivity index (χ2n) is 4.71. The van der Waals surface area contributed by atoms with Gasteiger partial charge in [-0.15, -0.1) is 0 Å². The molecule has 3 heteroatoms. The van der Waals surface area contributed by atoms with Gasteiger partial charge in [-0.05, 0) is 49.9 Å². The van der Waals surface area contributed by atoms with Crippen LogP contribution >= 0.6 is 11.6 Å². The van der Waals surface area contributed by atoms with Crippen LogP contribution in [-0.4, -0.2) is 17.5 Å². The summed E-state index contributed by atoms with van der Waals surface area (Å²) >= 11 is 6.23. The summed E-state index contributed by atoms with van der Waals surface area (Å²) in [7, 11) is 0. The molecule has 1 saturated heterocycles. The molecule has 1 atom stereocenters. The first kappa shape index (κ1) is 12.4. The van der Waals surface area contributed by atoms with Crippen LogP contribution in [0.2, 0.25) is 5.02 Å². The SMILES string of the molecule is Cc1ccc(CN2CCCCC2C#N)c(Cl)c1. The Kier molecular flexibility index (Phi) is 4.04. The smallest absolute Gasteiger partial charge is 0.0980 e. The van der Waals surface area contributed by atoms with E-state index in [0.717, 1.165) is 36.5 Å². The lowest BCUT2D eigenvalue weighted by Gasteiger charge is -2.31. The van der Waals surface area contributed by atoms with Gasteiger partial charge in [-0.3, -0.25) is 4.90 Å². The summed E-state index contributed by atoms with van der Waals surface area (Å²) in [6, 6.07) is 8.58. The Balaban J connectivity index is 2.11. The lowest BCUT2D eigenvalue weighted by Crippen LogP contribution is -2.37. The number of nitriles is 1. The minimum absolute atomic E-state index is 0.0566. The molecular weight excluding hydrogens is 232 g/mol. The third-order valence-electron chi connectivity index (χ3n) is 3.34. The van der Waals surface area contributed by atoms with E-state index in [1.807, 2.05) is 13.0 Å². The molecule has 1 aromatic rings. The second kappa shape index (κ2) is 5.53. The van der Waals surface area contributed by atoms with Crippen molar-refractivity contribution < 1.29 is 0 Å². The van der Waals surface area contributed by atoms with E-state index in [1.165, 1.54) is 12.0 Å². The number of rotatable bonds is 2. The monoisotopic (exact) mass is 248 g/mol. The highest BCUT2D eigenvalue weighted by molar-refractivity contribution is 6.31. The van der Waals surface area contributed by atoms with E-state index in [4.69, 9.17) is 16.9 Å². The van der Waals surface area contributed by atoms with Gasteiger partial charge in [-0.1, -0.05) is 23.7 Å². The first-order valence-electron chi connectivity index (χ1n) is 6.09. The van der Waals surface area contributed by atoms with E-state index in [1.54, 1.807) is 0 Å². The van der Waals surface area contributed by atoms with Gasteiger partial charge in [-0.25, -0.2) is 0 Å². The second-order valence-corrected chi connectivity index (χ2v) is 5.11. The van der Waals surface area contributed by atoms with Gasteiger partial charge in [0.1, 0.15) is 0 Å². The first-order valence-corrected chi connectivity index (χ1v) is 6.47. The predicted octanol–water partition coefficient (Wildman–Crippen LogP) is 3.53. The van der Waals surface area contributed by atoms with E-state index in [9.17, 15) is 0 Å². The van der Waals surface area contributed by atoms with E-state index >= 15 is 0 Å². The third kappa shape index (κ3) is 3.00. The molecule has 1 heterocycles. The van der Waals surface area contributed by atoms with Crippen molar-refractivity contribution in [1.82, 2.24) is 4.90 Å². The molecule has 0 spiro atoms. The Morgan fingerprint density at radius 1 is 1.47 bits per heavy atom. The molecule has 1 aliphatic heterocycles. The molecule has 0 amide bonds. The molecule has 0 radical (unpaired) electrons. The maximum Gasteiger partial charge on any atom is 0.0980 e. The summed E-state index contributed by atoms with van der Waals surface area (Å²) in [5, 5.41) is 9.94. The minimum atomic E-state index is 0.0566. The highest BCUT2D eigenvalue weighted by Crippen LogP contribution is 2.23. The van der Waals surface area contributed by atoms with E-state index in [-0.39, 0.29) is 6.04 Å². The molecule has 90 valence electrons. The molecule has 2 nitrogen and oxygen atoms in total. The highest BCUT2D eigenvalue weighted by atomic mass is 35.5. The van der Waals surface area contributed by atoms with E-state index < -0.39 is 0 Å². The van der Waals surface area contributed by atoms with Crippen molar-refractivity contribution in [2.75, 3.05) is 6.54 Å². The van der Waals surface area contributed by atoms with Gasteiger partial charge in [0.25, 0.3) is 0 Å².